The number of ether oxygens (including phenoxy) is 1. The summed E-state index contributed by atoms with van der Waals surface area (Å²) in [5, 5.41) is 6.74. The summed E-state index contributed by atoms with van der Waals surface area (Å²) in [6, 6.07) is 11.6. The number of benzene rings is 2. The quantitative estimate of drug-likeness (QED) is 0.511. The molecule has 0 radical (unpaired) electrons. The molecular formula is C23H21ClF4N4O2. The third kappa shape index (κ3) is 5.08. The minimum Gasteiger partial charge on any atom is -0.379 e. The van der Waals surface area contributed by atoms with Crippen LogP contribution in [0, 0.1) is 5.82 Å². The van der Waals surface area contributed by atoms with E-state index in [0.717, 1.165) is 23.9 Å². The number of rotatable bonds is 6. The summed E-state index contributed by atoms with van der Waals surface area (Å²) in [6.07, 6.45) is -4.15. The van der Waals surface area contributed by atoms with Gasteiger partial charge in [0.1, 0.15) is 11.5 Å². The molecule has 0 bridgehead atoms. The Labute approximate surface area is 198 Å². The Balaban J connectivity index is 1.63. The lowest BCUT2D eigenvalue weighted by atomic mass is 10.0. The van der Waals surface area contributed by atoms with Gasteiger partial charge in [0.15, 0.2) is 5.69 Å². The van der Waals surface area contributed by atoms with Gasteiger partial charge in [0.25, 0.3) is 5.91 Å². The third-order valence-corrected chi connectivity index (χ3v) is 5.91. The van der Waals surface area contributed by atoms with Crippen molar-refractivity contribution in [1.29, 1.82) is 0 Å². The topological polar surface area (TPSA) is 59.4 Å². The molecule has 0 spiro atoms. The monoisotopic (exact) mass is 496 g/mol. The molecule has 1 saturated heterocycles. The minimum absolute atomic E-state index is 0.00470. The van der Waals surface area contributed by atoms with Crippen LogP contribution in [0.25, 0.3) is 5.69 Å². The standard InChI is InChI=1S/C23H21ClF4N4O2/c24-17-6-2-1-5-15(17)20(31-9-11-34-12-10-31)14-29-22(33)16-13-30-32(21(16)23(26,27)28)19-8-4-3-7-18(19)25/h1-8,13,20H,9-12,14H2,(H,29,33). The Bertz CT molecular complexity index is 1160. The van der Waals surface area contributed by atoms with E-state index in [9.17, 15) is 22.4 Å². The molecule has 3 aromatic rings. The van der Waals surface area contributed by atoms with E-state index in [-0.39, 0.29) is 12.6 Å². The van der Waals surface area contributed by atoms with Crippen molar-refractivity contribution in [3.63, 3.8) is 0 Å². The van der Waals surface area contributed by atoms with Crippen molar-refractivity contribution >= 4 is 17.5 Å². The minimum atomic E-state index is -4.95. The zero-order valence-electron chi connectivity index (χ0n) is 17.9. The third-order valence-electron chi connectivity index (χ3n) is 5.57. The molecule has 1 aliphatic heterocycles. The number of hydrogen-bond acceptors (Lipinski definition) is 4. The lowest BCUT2D eigenvalue weighted by molar-refractivity contribution is -0.143. The Morgan fingerprint density at radius 3 is 2.47 bits per heavy atom. The number of carbonyl (C=O) groups excluding carboxylic acids is 1. The van der Waals surface area contributed by atoms with E-state index in [4.69, 9.17) is 16.3 Å². The average Bonchev–Trinajstić information content (AvgIpc) is 3.27. The lowest BCUT2D eigenvalue weighted by Crippen LogP contribution is -2.44. The largest absolute Gasteiger partial charge is 0.434 e. The molecule has 34 heavy (non-hydrogen) atoms. The molecule has 2 heterocycles. The van der Waals surface area contributed by atoms with Crippen LogP contribution < -0.4 is 5.32 Å². The Kier molecular flexibility index (Phi) is 7.20. The van der Waals surface area contributed by atoms with Gasteiger partial charge < -0.3 is 10.1 Å². The molecule has 11 heteroatoms. The number of nitrogens with zero attached hydrogens (tertiary/aromatic N) is 3. The fourth-order valence-electron chi connectivity index (χ4n) is 3.95. The van der Waals surface area contributed by atoms with Gasteiger partial charge in [-0.1, -0.05) is 41.9 Å². The highest BCUT2D eigenvalue weighted by molar-refractivity contribution is 6.31. The second-order valence-electron chi connectivity index (χ2n) is 7.66. The van der Waals surface area contributed by atoms with Crippen LogP contribution in [0.4, 0.5) is 17.6 Å². The molecule has 1 aromatic heterocycles. The van der Waals surface area contributed by atoms with Crippen LogP contribution in [0.3, 0.4) is 0 Å². The summed E-state index contributed by atoms with van der Waals surface area (Å²) in [5.74, 6) is -1.87. The fourth-order valence-corrected chi connectivity index (χ4v) is 4.21. The van der Waals surface area contributed by atoms with Gasteiger partial charge >= 0.3 is 6.18 Å². The van der Waals surface area contributed by atoms with Gasteiger partial charge in [0.2, 0.25) is 0 Å². The van der Waals surface area contributed by atoms with E-state index in [1.165, 1.54) is 12.1 Å². The number of amides is 1. The molecule has 2 aromatic carbocycles. The van der Waals surface area contributed by atoms with Crippen molar-refractivity contribution in [2.24, 2.45) is 0 Å². The van der Waals surface area contributed by atoms with Gasteiger partial charge in [-0.3, -0.25) is 9.69 Å². The van der Waals surface area contributed by atoms with Crippen LogP contribution in [0.2, 0.25) is 5.02 Å². The SMILES string of the molecule is O=C(NCC(c1ccccc1Cl)N1CCOCC1)c1cnn(-c2ccccc2F)c1C(F)(F)F. The van der Waals surface area contributed by atoms with E-state index in [2.05, 4.69) is 15.3 Å². The predicted octanol–water partition coefficient (Wildman–Crippen LogP) is 4.49. The van der Waals surface area contributed by atoms with Gasteiger partial charge in [-0.05, 0) is 23.8 Å². The van der Waals surface area contributed by atoms with Crippen LogP contribution in [-0.4, -0.2) is 53.4 Å². The summed E-state index contributed by atoms with van der Waals surface area (Å²) in [5.41, 5.74) is -1.72. The Morgan fingerprint density at radius 2 is 1.79 bits per heavy atom. The van der Waals surface area contributed by atoms with E-state index in [1.54, 1.807) is 18.2 Å². The van der Waals surface area contributed by atoms with Gasteiger partial charge in [0.05, 0.1) is 31.0 Å². The van der Waals surface area contributed by atoms with Crippen molar-refractivity contribution < 1.29 is 27.1 Å². The molecule has 0 aliphatic carbocycles. The summed E-state index contributed by atoms with van der Waals surface area (Å²) in [7, 11) is 0. The van der Waals surface area contributed by atoms with Crippen molar-refractivity contribution in [2.45, 2.75) is 12.2 Å². The first-order valence-electron chi connectivity index (χ1n) is 10.5. The van der Waals surface area contributed by atoms with Crippen LogP contribution in [0.5, 0.6) is 0 Å². The summed E-state index contributed by atoms with van der Waals surface area (Å²) >= 11 is 6.37. The van der Waals surface area contributed by atoms with Gasteiger partial charge in [-0.25, -0.2) is 9.07 Å². The number of aromatic nitrogens is 2. The highest BCUT2D eigenvalue weighted by atomic mass is 35.5. The number of carbonyl (C=O) groups is 1. The average molecular weight is 497 g/mol. The molecule has 1 fully saturated rings. The maximum absolute atomic E-state index is 14.2. The van der Waals surface area contributed by atoms with Gasteiger partial charge in [-0.2, -0.15) is 18.3 Å². The molecular weight excluding hydrogens is 476 g/mol. The fraction of sp³-hybridized carbons (Fsp3) is 0.304. The van der Waals surface area contributed by atoms with Gasteiger partial charge in [-0.15, -0.1) is 0 Å². The molecule has 1 atom stereocenters. The number of hydrogen-bond donors (Lipinski definition) is 1. The van der Waals surface area contributed by atoms with E-state index >= 15 is 0 Å². The Morgan fingerprint density at radius 1 is 1.12 bits per heavy atom. The number of morpholine rings is 1. The number of alkyl halides is 3. The van der Waals surface area contributed by atoms with Gasteiger partial charge in [0, 0.05) is 24.7 Å². The van der Waals surface area contributed by atoms with E-state index in [1.807, 2.05) is 6.07 Å². The van der Waals surface area contributed by atoms with Crippen LogP contribution in [-0.2, 0) is 10.9 Å². The second kappa shape index (κ2) is 10.1. The zero-order chi connectivity index (χ0) is 24.3. The molecule has 6 nitrogen and oxygen atoms in total. The first-order valence-corrected chi connectivity index (χ1v) is 10.9. The molecule has 1 unspecified atom stereocenters. The van der Waals surface area contributed by atoms with Crippen molar-refractivity contribution in [2.75, 3.05) is 32.8 Å². The lowest BCUT2D eigenvalue weighted by Gasteiger charge is -2.35. The van der Waals surface area contributed by atoms with Crippen molar-refractivity contribution in [1.82, 2.24) is 20.0 Å². The van der Waals surface area contributed by atoms with Crippen molar-refractivity contribution in [3.8, 4) is 5.69 Å². The summed E-state index contributed by atoms with van der Waals surface area (Å²) < 4.78 is 61.7. The molecule has 180 valence electrons. The van der Waals surface area contributed by atoms with Crippen LogP contribution >= 0.6 is 11.6 Å². The molecule has 1 aliphatic rings. The molecule has 1 N–H and O–H groups in total. The van der Waals surface area contributed by atoms with Crippen LogP contribution in [0.1, 0.15) is 27.7 Å². The molecule has 0 saturated carbocycles. The Hall–Kier alpha value is -2.95. The highest BCUT2D eigenvalue weighted by Crippen LogP contribution is 2.34. The maximum Gasteiger partial charge on any atom is 0.434 e. The number of para-hydroxylation sites is 1. The second-order valence-corrected chi connectivity index (χ2v) is 8.07. The van der Waals surface area contributed by atoms with Crippen LogP contribution in [0.15, 0.2) is 54.7 Å². The molecule has 1 amide bonds. The summed E-state index contributed by atoms with van der Waals surface area (Å²) in [6.45, 7) is 2.13. The zero-order valence-corrected chi connectivity index (χ0v) is 18.6. The van der Waals surface area contributed by atoms with E-state index < -0.39 is 34.8 Å². The van der Waals surface area contributed by atoms with Crippen molar-refractivity contribution in [3.05, 3.63) is 82.4 Å². The first kappa shape index (κ1) is 24.2. The summed E-state index contributed by atoms with van der Waals surface area (Å²) in [4.78, 5) is 15.0. The first-order chi connectivity index (χ1) is 16.3. The number of halogens is 5. The van der Waals surface area contributed by atoms with E-state index in [0.29, 0.717) is 36.0 Å². The predicted molar refractivity (Wildman–Crippen MR) is 117 cm³/mol. The molecule has 4 rings (SSSR count). The normalized spacial score (nSPS) is 15.8. The smallest absolute Gasteiger partial charge is 0.379 e. The number of nitrogens with one attached hydrogen (secondary N) is 1. The maximum atomic E-state index is 14.2. The highest BCUT2D eigenvalue weighted by Gasteiger charge is 2.41.